The second-order valence-electron chi connectivity index (χ2n) is 7.30. The van der Waals surface area contributed by atoms with Crippen molar-refractivity contribution in [2.45, 2.75) is 31.6 Å². The molecule has 3 rings (SSSR count). The Labute approximate surface area is 199 Å². The summed E-state index contributed by atoms with van der Waals surface area (Å²) in [4.78, 5) is 4.65. The van der Waals surface area contributed by atoms with E-state index >= 15 is 0 Å². The second-order valence-corrected chi connectivity index (χ2v) is 9.07. The topological polar surface area (TPSA) is 85.2 Å². The Morgan fingerprint density at radius 2 is 1.79 bits per heavy atom. The molecule has 0 spiro atoms. The Morgan fingerprint density at radius 3 is 2.45 bits per heavy atom. The summed E-state index contributed by atoms with van der Waals surface area (Å²) in [5.41, 5.74) is 4.33. The van der Waals surface area contributed by atoms with Gasteiger partial charge in [-0.1, -0.05) is 66.1 Å². The van der Waals surface area contributed by atoms with Crippen LogP contribution in [0.15, 0.2) is 70.7 Å². The first-order valence-electron chi connectivity index (χ1n) is 10.6. The molecule has 0 heterocycles. The Hall–Kier alpha value is -2.87. The Bertz CT molecular complexity index is 1220. The highest BCUT2D eigenvalue weighted by atomic mass is 35.5. The lowest BCUT2D eigenvalue weighted by molar-refractivity contribution is 0.160. The third-order valence-electron chi connectivity index (χ3n) is 4.97. The van der Waals surface area contributed by atoms with Crippen LogP contribution >= 0.6 is 11.6 Å². The minimum absolute atomic E-state index is 0.0211. The van der Waals surface area contributed by atoms with Crippen molar-refractivity contribution in [1.29, 1.82) is 0 Å². The summed E-state index contributed by atoms with van der Waals surface area (Å²) in [5, 5.41) is 3.84. The van der Waals surface area contributed by atoms with Gasteiger partial charge in [-0.25, -0.2) is 0 Å². The van der Waals surface area contributed by atoms with E-state index in [9.17, 15) is 13.0 Å². The molecule has 0 aliphatic heterocycles. The van der Waals surface area contributed by atoms with Crippen LogP contribution in [0.25, 0.3) is 11.1 Å². The van der Waals surface area contributed by atoms with E-state index in [0.29, 0.717) is 30.9 Å². The van der Waals surface area contributed by atoms with Gasteiger partial charge in [-0.05, 0) is 53.8 Å². The van der Waals surface area contributed by atoms with Crippen LogP contribution in [0.2, 0.25) is 5.02 Å². The smallest absolute Gasteiger partial charge is 0.296 e. The summed E-state index contributed by atoms with van der Waals surface area (Å²) in [5.74, 6) is 0.665. The van der Waals surface area contributed by atoms with E-state index in [0.717, 1.165) is 28.7 Å². The zero-order valence-electron chi connectivity index (χ0n) is 18.5. The highest BCUT2D eigenvalue weighted by Crippen LogP contribution is 2.35. The predicted octanol–water partition coefficient (Wildman–Crippen LogP) is 5.81. The molecular weight excluding hydrogens is 462 g/mol. The highest BCUT2D eigenvalue weighted by molar-refractivity contribution is 7.86. The SMILES string of the molecule is CCON=Cc1ccc(CCOc2cc(CC)cc(-c3cccc(S(=O)(=O)O)c3Cl)c2)cc1. The second kappa shape index (κ2) is 11.3. The standard InChI is InChI=1S/C25H26ClNO5S/c1-3-18-14-21(23-6-5-7-24(25(23)26)33(28,29)30)16-22(15-18)31-13-12-19-8-10-20(11-9-19)17-27-32-4-2/h5-11,14-17H,3-4,12-13H2,1-2H3,(H,28,29,30). The van der Waals surface area contributed by atoms with E-state index in [-0.39, 0.29) is 9.92 Å². The maximum Gasteiger partial charge on any atom is 0.296 e. The molecule has 3 aromatic carbocycles. The third kappa shape index (κ3) is 6.81. The first-order chi connectivity index (χ1) is 15.8. The molecule has 1 N–H and O–H groups in total. The van der Waals surface area contributed by atoms with Crippen molar-refractivity contribution in [3.8, 4) is 16.9 Å². The summed E-state index contributed by atoms with van der Waals surface area (Å²) in [6, 6.07) is 18.2. The van der Waals surface area contributed by atoms with Gasteiger partial charge in [0.2, 0.25) is 0 Å². The number of nitrogens with zero attached hydrogens (tertiary/aromatic N) is 1. The molecule has 0 bridgehead atoms. The molecule has 174 valence electrons. The number of hydrogen-bond donors (Lipinski definition) is 1. The van der Waals surface area contributed by atoms with Crippen LogP contribution in [0.5, 0.6) is 5.75 Å². The van der Waals surface area contributed by atoms with Gasteiger partial charge >= 0.3 is 0 Å². The first kappa shape index (κ1) is 24.8. The quantitative estimate of drug-likeness (QED) is 0.221. The Balaban J connectivity index is 1.75. The maximum absolute atomic E-state index is 11.6. The molecular formula is C25H26ClNO5S. The van der Waals surface area contributed by atoms with E-state index in [4.69, 9.17) is 21.2 Å². The third-order valence-corrected chi connectivity index (χ3v) is 6.39. The zero-order chi connectivity index (χ0) is 23.8. The lowest BCUT2D eigenvalue weighted by Crippen LogP contribution is -2.03. The fourth-order valence-corrected chi connectivity index (χ4v) is 4.38. The number of oxime groups is 1. The van der Waals surface area contributed by atoms with Crippen molar-refractivity contribution in [3.63, 3.8) is 0 Å². The van der Waals surface area contributed by atoms with Crippen LogP contribution in [-0.4, -0.2) is 32.4 Å². The van der Waals surface area contributed by atoms with E-state index < -0.39 is 10.1 Å². The lowest BCUT2D eigenvalue weighted by Gasteiger charge is -2.13. The van der Waals surface area contributed by atoms with Gasteiger partial charge in [0.25, 0.3) is 10.1 Å². The number of ether oxygens (including phenoxy) is 1. The number of benzene rings is 3. The average Bonchev–Trinajstić information content (AvgIpc) is 2.79. The predicted molar refractivity (Wildman–Crippen MR) is 131 cm³/mol. The molecule has 0 amide bonds. The van der Waals surface area contributed by atoms with Crippen molar-refractivity contribution >= 4 is 27.9 Å². The molecule has 33 heavy (non-hydrogen) atoms. The molecule has 0 saturated carbocycles. The normalized spacial score (nSPS) is 11.6. The molecule has 0 radical (unpaired) electrons. The van der Waals surface area contributed by atoms with Gasteiger partial charge in [0.15, 0.2) is 0 Å². The van der Waals surface area contributed by atoms with Gasteiger partial charge in [0.05, 0.1) is 17.8 Å². The molecule has 0 atom stereocenters. The summed E-state index contributed by atoms with van der Waals surface area (Å²) >= 11 is 6.32. The van der Waals surface area contributed by atoms with Crippen molar-refractivity contribution in [2.75, 3.05) is 13.2 Å². The van der Waals surface area contributed by atoms with Crippen LogP contribution in [0, 0.1) is 0 Å². The zero-order valence-corrected chi connectivity index (χ0v) is 20.1. The number of aryl methyl sites for hydroxylation is 1. The van der Waals surface area contributed by atoms with E-state index in [2.05, 4.69) is 5.16 Å². The van der Waals surface area contributed by atoms with Crippen LogP contribution in [0.3, 0.4) is 0 Å². The summed E-state index contributed by atoms with van der Waals surface area (Å²) in [6.45, 7) is 4.91. The Morgan fingerprint density at radius 1 is 1.03 bits per heavy atom. The van der Waals surface area contributed by atoms with E-state index in [1.807, 2.05) is 56.3 Å². The summed E-state index contributed by atoms with van der Waals surface area (Å²) in [6.07, 6.45) is 3.15. The summed E-state index contributed by atoms with van der Waals surface area (Å²) in [7, 11) is -4.42. The Kier molecular flexibility index (Phi) is 8.49. The number of rotatable bonds is 10. The van der Waals surface area contributed by atoms with Gasteiger partial charge in [-0.15, -0.1) is 0 Å². The van der Waals surface area contributed by atoms with Gasteiger partial charge in [0.1, 0.15) is 17.3 Å². The van der Waals surface area contributed by atoms with Crippen molar-refractivity contribution in [2.24, 2.45) is 5.16 Å². The maximum atomic E-state index is 11.6. The van der Waals surface area contributed by atoms with Crippen LogP contribution in [0.4, 0.5) is 0 Å². The van der Waals surface area contributed by atoms with Gasteiger partial charge in [0, 0.05) is 12.0 Å². The fraction of sp³-hybridized carbons (Fsp3) is 0.240. The largest absolute Gasteiger partial charge is 0.493 e. The van der Waals surface area contributed by atoms with Gasteiger partial charge in [-0.3, -0.25) is 4.55 Å². The fourth-order valence-electron chi connectivity index (χ4n) is 3.27. The van der Waals surface area contributed by atoms with Crippen molar-refractivity contribution in [3.05, 3.63) is 82.4 Å². The molecule has 0 aliphatic carbocycles. The molecule has 0 aliphatic rings. The molecule has 3 aromatic rings. The van der Waals surface area contributed by atoms with Crippen LogP contribution in [-0.2, 0) is 27.8 Å². The van der Waals surface area contributed by atoms with Crippen molar-refractivity contribution in [1.82, 2.24) is 0 Å². The highest BCUT2D eigenvalue weighted by Gasteiger charge is 2.18. The monoisotopic (exact) mass is 487 g/mol. The van der Waals surface area contributed by atoms with Gasteiger partial charge in [-0.2, -0.15) is 8.42 Å². The average molecular weight is 488 g/mol. The molecule has 0 saturated heterocycles. The minimum atomic E-state index is -4.42. The van der Waals surface area contributed by atoms with E-state index in [1.165, 1.54) is 6.07 Å². The molecule has 8 heteroatoms. The first-order valence-corrected chi connectivity index (χ1v) is 12.4. The molecule has 0 unspecified atom stereocenters. The molecule has 0 aromatic heterocycles. The lowest BCUT2D eigenvalue weighted by atomic mass is 10.0. The van der Waals surface area contributed by atoms with Crippen LogP contribution in [0.1, 0.15) is 30.5 Å². The van der Waals surface area contributed by atoms with Gasteiger partial charge < -0.3 is 9.57 Å². The van der Waals surface area contributed by atoms with E-state index in [1.54, 1.807) is 18.3 Å². The molecule has 6 nitrogen and oxygen atoms in total. The van der Waals surface area contributed by atoms with Crippen LogP contribution < -0.4 is 4.74 Å². The molecule has 0 fully saturated rings. The number of halogens is 1. The number of hydrogen-bond acceptors (Lipinski definition) is 5. The summed E-state index contributed by atoms with van der Waals surface area (Å²) < 4.78 is 38.7. The van der Waals surface area contributed by atoms with Crippen molar-refractivity contribution < 1.29 is 22.5 Å². The minimum Gasteiger partial charge on any atom is -0.493 e.